The van der Waals surface area contributed by atoms with E-state index in [4.69, 9.17) is 0 Å². The molecule has 0 saturated carbocycles. The second-order valence-electron chi connectivity index (χ2n) is 10.3. The summed E-state index contributed by atoms with van der Waals surface area (Å²) in [6, 6.07) is 36.4. The number of unbranched alkanes of at least 4 members (excludes halogenated alkanes) is 2. The fourth-order valence-corrected chi connectivity index (χ4v) is 12.6. The van der Waals surface area contributed by atoms with Gasteiger partial charge in [0.2, 0.25) is 0 Å². The molecule has 5 rings (SSSR count). The molecule has 1 heteroatoms. The van der Waals surface area contributed by atoms with Crippen molar-refractivity contribution in [1.82, 2.24) is 0 Å². The number of hydrogen-bond acceptors (Lipinski definition) is 0. The van der Waals surface area contributed by atoms with E-state index in [0.717, 1.165) is 0 Å². The zero-order valence-electron chi connectivity index (χ0n) is 22.3. The van der Waals surface area contributed by atoms with Crippen LogP contribution in [0.3, 0.4) is 0 Å². The first kappa shape index (κ1) is 25.2. The summed E-state index contributed by atoms with van der Waals surface area (Å²) in [6.07, 6.45) is 16.4. The van der Waals surface area contributed by atoms with Crippen molar-refractivity contribution in [3.8, 4) is 0 Å². The molecule has 3 aromatic carbocycles. The number of benzene rings is 3. The van der Waals surface area contributed by atoms with E-state index in [9.17, 15) is 0 Å². The lowest BCUT2D eigenvalue weighted by atomic mass is 9.83. The Hall–Kier alpha value is -3.42. The van der Waals surface area contributed by atoms with Gasteiger partial charge in [-0.05, 0) is 0 Å². The molecular formula is C36H38Si-2. The summed E-state index contributed by atoms with van der Waals surface area (Å²) in [4.78, 5) is 0. The Morgan fingerprint density at radius 2 is 1.24 bits per heavy atom. The van der Waals surface area contributed by atoms with Gasteiger partial charge in [0.05, 0.1) is 0 Å². The first-order valence-electron chi connectivity index (χ1n) is 14.0. The minimum atomic E-state index is -2.15. The maximum Gasteiger partial charge on any atom is 0.0293 e. The summed E-state index contributed by atoms with van der Waals surface area (Å²) in [6.45, 7) is 4.70. The van der Waals surface area contributed by atoms with Gasteiger partial charge in [-0.1, -0.05) is 147 Å². The quantitative estimate of drug-likeness (QED) is 0.203. The molecule has 0 fully saturated rings. The van der Waals surface area contributed by atoms with Gasteiger partial charge in [0.15, 0.2) is 0 Å². The van der Waals surface area contributed by atoms with Gasteiger partial charge in [0.1, 0.15) is 0 Å². The zero-order valence-corrected chi connectivity index (χ0v) is 23.3. The Morgan fingerprint density at radius 1 is 0.676 bits per heavy atom. The van der Waals surface area contributed by atoms with E-state index in [1.165, 1.54) is 71.5 Å². The number of rotatable bonds is 9. The van der Waals surface area contributed by atoms with Gasteiger partial charge < -0.3 is 0 Å². The SMILES string of the molecule is CCCC[Si]1(CCCC)C(c2ccccc2)=C(c2ccccc2)[C-](c2ccccc2)/C1=C1\C=CC=C[CH-]1. The van der Waals surface area contributed by atoms with Crippen LogP contribution < -0.4 is 0 Å². The Bertz CT molecular complexity index is 1280. The standard InChI is InChI=1S/C36H38Si/c1-3-5-27-37(28-6-4-2)35(31-23-15-9-16-24-31)33(29-19-11-7-12-20-29)34(30-21-13-8-14-22-30)36(37)32-25-17-10-18-26-32/h7-26H,3-6,27-28H2,1-2H3/q-2. The largest absolute Gasteiger partial charge is 0.195 e. The van der Waals surface area contributed by atoms with Crippen molar-refractivity contribution in [2.24, 2.45) is 0 Å². The molecular weight excluding hydrogens is 460 g/mol. The van der Waals surface area contributed by atoms with E-state index >= 15 is 0 Å². The Morgan fingerprint density at radius 3 is 1.78 bits per heavy atom. The molecule has 3 aromatic rings. The topological polar surface area (TPSA) is 0 Å². The second-order valence-corrected chi connectivity index (χ2v) is 14.4. The van der Waals surface area contributed by atoms with Crippen LogP contribution in [-0.4, -0.2) is 8.07 Å². The summed E-state index contributed by atoms with van der Waals surface area (Å²) < 4.78 is 0. The van der Waals surface area contributed by atoms with Crippen molar-refractivity contribution < 1.29 is 0 Å². The molecule has 0 atom stereocenters. The molecule has 0 bridgehead atoms. The van der Waals surface area contributed by atoms with E-state index in [-0.39, 0.29) is 0 Å². The number of allylic oxidation sites excluding steroid dienone is 7. The third-order valence-corrected chi connectivity index (χ3v) is 13.3. The van der Waals surface area contributed by atoms with Crippen molar-refractivity contribution in [3.63, 3.8) is 0 Å². The maximum absolute atomic E-state index is 2.37. The van der Waals surface area contributed by atoms with Gasteiger partial charge in [-0.25, -0.2) is 0 Å². The second kappa shape index (κ2) is 11.8. The van der Waals surface area contributed by atoms with Crippen molar-refractivity contribution in [1.29, 1.82) is 0 Å². The molecule has 188 valence electrons. The van der Waals surface area contributed by atoms with E-state index < -0.39 is 8.07 Å². The lowest BCUT2D eigenvalue weighted by molar-refractivity contribution is 0.835. The Labute approximate surface area is 225 Å². The molecule has 1 heterocycles. The van der Waals surface area contributed by atoms with Crippen LogP contribution in [0.1, 0.15) is 56.2 Å². The molecule has 0 amide bonds. The van der Waals surface area contributed by atoms with Crippen LogP contribution in [0, 0.1) is 12.3 Å². The van der Waals surface area contributed by atoms with Gasteiger partial charge in [-0.15, -0.1) is 35.3 Å². The van der Waals surface area contributed by atoms with Crippen LogP contribution in [0.2, 0.25) is 12.1 Å². The van der Waals surface area contributed by atoms with Crippen LogP contribution in [0.25, 0.3) is 10.8 Å². The molecule has 0 N–H and O–H groups in total. The van der Waals surface area contributed by atoms with Crippen LogP contribution in [-0.2, 0) is 0 Å². The van der Waals surface area contributed by atoms with Gasteiger partial charge in [-0.2, -0.15) is 35.4 Å². The van der Waals surface area contributed by atoms with E-state index in [1.807, 2.05) is 0 Å². The van der Waals surface area contributed by atoms with E-state index in [2.05, 4.69) is 136 Å². The minimum Gasteiger partial charge on any atom is -0.195 e. The summed E-state index contributed by atoms with van der Waals surface area (Å²) in [5.41, 5.74) is 6.99. The highest BCUT2D eigenvalue weighted by Gasteiger charge is 2.44. The van der Waals surface area contributed by atoms with Gasteiger partial charge in [0.25, 0.3) is 0 Å². The van der Waals surface area contributed by atoms with Gasteiger partial charge in [0, 0.05) is 8.07 Å². The summed E-state index contributed by atoms with van der Waals surface area (Å²) >= 11 is 0. The molecule has 2 aliphatic rings. The normalized spacial score (nSPS) is 18.4. The molecule has 1 aliphatic heterocycles. The van der Waals surface area contributed by atoms with E-state index in [1.54, 1.807) is 10.4 Å². The molecule has 0 saturated heterocycles. The monoisotopic (exact) mass is 498 g/mol. The fraction of sp³-hybridized carbons (Fsp3) is 0.222. The molecule has 0 radical (unpaired) electrons. The van der Waals surface area contributed by atoms with Crippen LogP contribution >= 0.6 is 0 Å². The molecule has 37 heavy (non-hydrogen) atoms. The van der Waals surface area contributed by atoms with Crippen molar-refractivity contribution in [3.05, 3.63) is 155 Å². The van der Waals surface area contributed by atoms with Crippen LogP contribution in [0.5, 0.6) is 0 Å². The predicted molar refractivity (Wildman–Crippen MR) is 163 cm³/mol. The first-order valence-corrected chi connectivity index (χ1v) is 16.4. The zero-order chi connectivity index (χ0) is 25.5. The third-order valence-electron chi connectivity index (χ3n) is 7.87. The molecule has 1 aliphatic carbocycles. The average molecular weight is 499 g/mol. The fourth-order valence-electron chi connectivity index (χ4n) is 6.27. The Balaban J connectivity index is 1.92. The van der Waals surface area contributed by atoms with Crippen molar-refractivity contribution >= 4 is 18.8 Å². The van der Waals surface area contributed by atoms with E-state index in [0.29, 0.717) is 0 Å². The van der Waals surface area contributed by atoms with Gasteiger partial charge >= 0.3 is 0 Å². The third kappa shape index (κ3) is 4.93. The maximum atomic E-state index is 2.37. The van der Waals surface area contributed by atoms with Crippen molar-refractivity contribution in [2.45, 2.75) is 51.6 Å². The summed E-state index contributed by atoms with van der Waals surface area (Å²) in [5, 5.41) is 3.30. The highest BCUT2D eigenvalue weighted by Crippen LogP contribution is 2.60. The molecule has 0 aromatic heterocycles. The average Bonchev–Trinajstić information content (AvgIpc) is 3.28. The molecule has 0 unspecified atom stereocenters. The first-order chi connectivity index (χ1) is 18.3. The predicted octanol–water partition coefficient (Wildman–Crippen LogP) is 9.99. The van der Waals surface area contributed by atoms with Crippen LogP contribution in [0.15, 0.2) is 126 Å². The molecule has 0 nitrogen and oxygen atoms in total. The van der Waals surface area contributed by atoms with Crippen LogP contribution in [0.4, 0.5) is 0 Å². The Kier molecular flexibility index (Phi) is 8.01. The summed E-state index contributed by atoms with van der Waals surface area (Å²) in [5.74, 6) is 1.47. The minimum absolute atomic E-state index is 1.23. The number of hydrogen-bond donors (Lipinski definition) is 0. The lowest BCUT2D eigenvalue weighted by Crippen LogP contribution is -2.38. The smallest absolute Gasteiger partial charge is 0.0293 e. The molecule has 0 spiro atoms. The van der Waals surface area contributed by atoms with Gasteiger partial charge in [-0.3, -0.25) is 0 Å². The highest BCUT2D eigenvalue weighted by atomic mass is 28.3. The lowest BCUT2D eigenvalue weighted by Gasteiger charge is -2.44. The van der Waals surface area contributed by atoms with Crippen molar-refractivity contribution in [2.75, 3.05) is 0 Å². The summed E-state index contributed by atoms with van der Waals surface area (Å²) in [7, 11) is -2.15. The highest BCUT2D eigenvalue weighted by molar-refractivity contribution is 7.06.